The van der Waals surface area contributed by atoms with Crippen LogP contribution in [0.4, 0.5) is 5.69 Å². The standard InChI is InChI=1S/C28H25N2O2P/c1-21-16-17-26(31)25(18-21)30-28(32)20-29-19-22-10-8-9-15-27(22)33(23-11-4-2-5-12-23)24-13-6-3-7-14-24/h2-19,31H,20H2,1H3,(H,30,32). The number of phenolic OH excluding ortho intramolecular Hbond substituents is 1. The van der Waals surface area contributed by atoms with E-state index >= 15 is 0 Å². The molecule has 33 heavy (non-hydrogen) atoms. The van der Waals surface area contributed by atoms with Gasteiger partial charge in [0.05, 0.1) is 5.69 Å². The number of aryl methyl sites for hydroxylation is 1. The summed E-state index contributed by atoms with van der Waals surface area (Å²) in [5.74, 6) is -0.238. The molecule has 0 atom stereocenters. The molecule has 0 fully saturated rings. The lowest BCUT2D eigenvalue weighted by molar-refractivity contribution is -0.114. The van der Waals surface area contributed by atoms with E-state index in [1.54, 1.807) is 24.4 Å². The first-order chi connectivity index (χ1) is 16.1. The van der Waals surface area contributed by atoms with Crippen LogP contribution in [0.2, 0.25) is 0 Å². The fourth-order valence-corrected chi connectivity index (χ4v) is 5.97. The lowest BCUT2D eigenvalue weighted by Gasteiger charge is -2.21. The summed E-state index contributed by atoms with van der Waals surface area (Å²) in [6.45, 7) is 1.87. The number of phenols is 1. The van der Waals surface area contributed by atoms with Crippen molar-refractivity contribution < 1.29 is 9.90 Å². The van der Waals surface area contributed by atoms with E-state index in [0.717, 1.165) is 11.1 Å². The molecular weight excluding hydrogens is 427 g/mol. The zero-order valence-corrected chi connectivity index (χ0v) is 19.2. The average molecular weight is 452 g/mol. The number of hydrogen-bond donors (Lipinski definition) is 2. The van der Waals surface area contributed by atoms with Gasteiger partial charge in [-0.05, 0) is 48.5 Å². The van der Waals surface area contributed by atoms with Crippen LogP contribution in [-0.2, 0) is 4.79 Å². The quantitative estimate of drug-likeness (QED) is 0.246. The Kier molecular flexibility index (Phi) is 7.29. The van der Waals surface area contributed by atoms with Crippen molar-refractivity contribution in [3.8, 4) is 5.75 Å². The number of aliphatic imine (C=N–C) groups is 1. The van der Waals surface area contributed by atoms with Gasteiger partial charge < -0.3 is 10.4 Å². The highest BCUT2D eigenvalue weighted by molar-refractivity contribution is 7.80. The Morgan fingerprint density at radius 3 is 2.15 bits per heavy atom. The van der Waals surface area contributed by atoms with Gasteiger partial charge in [-0.2, -0.15) is 0 Å². The van der Waals surface area contributed by atoms with Crippen molar-refractivity contribution in [3.63, 3.8) is 0 Å². The summed E-state index contributed by atoms with van der Waals surface area (Å²) in [6.07, 6.45) is 1.77. The minimum Gasteiger partial charge on any atom is -0.506 e. The third-order valence-corrected chi connectivity index (χ3v) is 7.62. The second-order valence-corrected chi connectivity index (χ2v) is 9.79. The number of benzene rings is 4. The van der Waals surface area contributed by atoms with E-state index in [1.807, 2.05) is 37.3 Å². The lowest BCUT2D eigenvalue weighted by Crippen LogP contribution is -2.23. The fraction of sp³-hybridized carbons (Fsp3) is 0.0714. The number of rotatable bonds is 7. The molecular formula is C28H25N2O2P. The number of hydrogen-bond acceptors (Lipinski definition) is 3. The first kappa shape index (κ1) is 22.4. The lowest BCUT2D eigenvalue weighted by atomic mass is 10.2. The molecule has 0 saturated heterocycles. The van der Waals surface area contributed by atoms with Crippen molar-refractivity contribution in [1.29, 1.82) is 0 Å². The second kappa shape index (κ2) is 10.7. The molecule has 0 aromatic heterocycles. The molecule has 0 unspecified atom stereocenters. The molecule has 0 aliphatic carbocycles. The predicted molar refractivity (Wildman–Crippen MR) is 139 cm³/mol. The van der Waals surface area contributed by atoms with Crippen molar-refractivity contribution in [2.24, 2.45) is 4.99 Å². The van der Waals surface area contributed by atoms with Crippen LogP contribution in [0, 0.1) is 6.92 Å². The van der Waals surface area contributed by atoms with E-state index in [2.05, 4.69) is 64.9 Å². The highest BCUT2D eigenvalue weighted by atomic mass is 31.1. The van der Waals surface area contributed by atoms with Crippen molar-refractivity contribution >= 4 is 41.6 Å². The SMILES string of the molecule is Cc1ccc(O)c(NC(=O)CN=Cc2ccccc2P(c2ccccc2)c2ccccc2)c1. The van der Waals surface area contributed by atoms with Crippen molar-refractivity contribution in [3.05, 3.63) is 114 Å². The van der Waals surface area contributed by atoms with Gasteiger partial charge in [0.2, 0.25) is 5.91 Å². The zero-order chi connectivity index (χ0) is 23.0. The molecule has 5 heteroatoms. The van der Waals surface area contributed by atoms with Gasteiger partial charge in [0.1, 0.15) is 12.3 Å². The summed E-state index contributed by atoms with van der Waals surface area (Å²) in [4.78, 5) is 16.8. The monoisotopic (exact) mass is 452 g/mol. The van der Waals surface area contributed by atoms with Gasteiger partial charge >= 0.3 is 0 Å². The maximum atomic E-state index is 12.4. The van der Waals surface area contributed by atoms with Gasteiger partial charge in [0, 0.05) is 11.8 Å². The number of anilines is 1. The van der Waals surface area contributed by atoms with Crippen molar-refractivity contribution in [1.82, 2.24) is 0 Å². The molecule has 2 N–H and O–H groups in total. The Hall–Kier alpha value is -3.75. The molecule has 0 bridgehead atoms. The van der Waals surface area contributed by atoms with E-state index in [9.17, 15) is 9.90 Å². The van der Waals surface area contributed by atoms with E-state index < -0.39 is 7.92 Å². The normalized spacial score (nSPS) is 11.1. The Bertz CT molecular complexity index is 1220. The fourth-order valence-electron chi connectivity index (χ4n) is 3.55. The summed E-state index contributed by atoms with van der Waals surface area (Å²) < 4.78 is 0. The van der Waals surface area contributed by atoms with E-state index in [4.69, 9.17) is 0 Å². The number of aromatic hydroxyl groups is 1. The Morgan fingerprint density at radius 1 is 0.879 bits per heavy atom. The van der Waals surface area contributed by atoms with E-state index in [-0.39, 0.29) is 18.2 Å². The van der Waals surface area contributed by atoms with Crippen LogP contribution in [0.1, 0.15) is 11.1 Å². The smallest absolute Gasteiger partial charge is 0.246 e. The predicted octanol–water partition coefficient (Wildman–Crippen LogP) is 4.52. The number of amides is 1. The minimum absolute atomic E-state index is 0.0314. The molecule has 1 amide bonds. The Morgan fingerprint density at radius 2 is 1.48 bits per heavy atom. The van der Waals surface area contributed by atoms with Crippen LogP contribution < -0.4 is 21.2 Å². The molecule has 0 radical (unpaired) electrons. The molecule has 0 heterocycles. The molecule has 4 aromatic rings. The first-order valence-corrected chi connectivity index (χ1v) is 12.0. The summed E-state index contributed by atoms with van der Waals surface area (Å²) >= 11 is 0. The molecule has 0 saturated carbocycles. The van der Waals surface area contributed by atoms with Gasteiger partial charge in [-0.25, -0.2) is 0 Å². The molecule has 4 aromatic carbocycles. The largest absolute Gasteiger partial charge is 0.506 e. The van der Waals surface area contributed by atoms with Gasteiger partial charge in [-0.15, -0.1) is 0 Å². The van der Waals surface area contributed by atoms with Crippen LogP contribution in [0.3, 0.4) is 0 Å². The van der Waals surface area contributed by atoms with Crippen LogP contribution in [0.15, 0.2) is 108 Å². The number of nitrogens with one attached hydrogen (secondary N) is 1. The van der Waals surface area contributed by atoms with Crippen LogP contribution in [-0.4, -0.2) is 23.8 Å². The minimum atomic E-state index is -0.771. The van der Waals surface area contributed by atoms with E-state index in [1.165, 1.54) is 15.9 Å². The Labute approximate surface area is 195 Å². The van der Waals surface area contributed by atoms with Gasteiger partial charge in [-0.1, -0.05) is 91.0 Å². The number of carbonyl (C=O) groups is 1. The average Bonchev–Trinajstić information content (AvgIpc) is 2.84. The first-order valence-electron chi connectivity index (χ1n) is 10.7. The van der Waals surface area contributed by atoms with Gasteiger partial charge in [0.25, 0.3) is 0 Å². The maximum absolute atomic E-state index is 12.4. The van der Waals surface area contributed by atoms with Crippen molar-refractivity contribution in [2.75, 3.05) is 11.9 Å². The third-order valence-electron chi connectivity index (χ3n) is 5.10. The van der Waals surface area contributed by atoms with Crippen molar-refractivity contribution in [2.45, 2.75) is 6.92 Å². The summed E-state index contributed by atoms with van der Waals surface area (Å²) in [5.41, 5.74) is 2.34. The number of carbonyl (C=O) groups excluding carboxylic acids is 1. The van der Waals surface area contributed by atoms with Crippen LogP contribution in [0.25, 0.3) is 0 Å². The number of nitrogens with zero attached hydrogens (tertiary/aromatic N) is 1. The molecule has 4 rings (SSSR count). The molecule has 0 aliphatic rings. The third kappa shape index (κ3) is 5.74. The van der Waals surface area contributed by atoms with Gasteiger partial charge in [-0.3, -0.25) is 9.79 Å². The summed E-state index contributed by atoms with van der Waals surface area (Å²) in [5, 5.41) is 16.4. The Balaban J connectivity index is 1.58. The molecule has 4 nitrogen and oxygen atoms in total. The van der Waals surface area contributed by atoms with Crippen LogP contribution >= 0.6 is 7.92 Å². The van der Waals surface area contributed by atoms with Crippen LogP contribution in [0.5, 0.6) is 5.75 Å². The summed E-state index contributed by atoms with van der Waals surface area (Å²) in [6, 6.07) is 34.3. The molecule has 0 spiro atoms. The summed E-state index contributed by atoms with van der Waals surface area (Å²) in [7, 11) is -0.771. The van der Waals surface area contributed by atoms with Gasteiger partial charge in [0.15, 0.2) is 0 Å². The topological polar surface area (TPSA) is 61.7 Å². The molecule has 164 valence electrons. The second-order valence-electron chi connectivity index (χ2n) is 7.60. The highest BCUT2D eigenvalue weighted by Gasteiger charge is 2.18. The maximum Gasteiger partial charge on any atom is 0.246 e. The van der Waals surface area contributed by atoms with E-state index in [0.29, 0.717) is 5.69 Å². The highest BCUT2D eigenvalue weighted by Crippen LogP contribution is 2.33. The zero-order valence-electron chi connectivity index (χ0n) is 18.3. The molecule has 0 aliphatic heterocycles.